The first kappa shape index (κ1) is 18.3. The smallest absolute Gasteiger partial charge is 0.325 e. The molecule has 1 saturated heterocycles. The molecule has 3 amide bonds. The van der Waals surface area contributed by atoms with E-state index in [2.05, 4.69) is 5.32 Å². The highest BCUT2D eigenvalue weighted by atomic mass is 35.5. The number of hydrogen-bond donors (Lipinski definition) is 1. The normalized spacial score (nSPS) is 19.1. The molecule has 1 aliphatic rings. The molecular formula is C22H19ClN2O3. The zero-order valence-electron chi connectivity index (χ0n) is 15.3. The predicted molar refractivity (Wildman–Crippen MR) is 108 cm³/mol. The van der Waals surface area contributed by atoms with Crippen molar-refractivity contribution in [3.8, 4) is 5.75 Å². The molecular weight excluding hydrogens is 376 g/mol. The molecule has 5 nitrogen and oxygen atoms in total. The van der Waals surface area contributed by atoms with Crippen molar-refractivity contribution in [2.24, 2.45) is 0 Å². The molecule has 1 atom stereocenters. The Bertz CT molecular complexity index is 1050. The minimum Gasteiger partial charge on any atom is -0.492 e. The van der Waals surface area contributed by atoms with Crippen LogP contribution < -0.4 is 10.1 Å². The molecule has 142 valence electrons. The topological polar surface area (TPSA) is 58.6 Å². The Morgan fingerprint density at radius 1 is 1.00 bits per heavy atom. The molecule has 3 aromatic rings. The lowest BCUT2D eigenvalue weighted by Gasteiger charge is -2.22. The van der Waals surface area contributed by atoms with Crippen molar-refractivity contribution in [1.29, 1.82) is 0 Å². The van der Waals surface area contributed by atoms with Gasteiger partial charge in [-0.15, -0.1) is 0 Å². The van der Waals surface area contributed by atoms with Gasteiger partial charge in [-0.25, -0.2) is 4.79 Å². The number of nitrogens with one attached hydrogen (secondary N) is 1. The van der Waals surface area contributed by atoms with Gasteiger partial charge in [0.15, 0.2) is 0 Å². The predicted octanol–water partition coefficient (Wildman–Crippen LogP) is 4.34. The maximum atomic E-state index is 13.0. The second kappa shape index (κ2) is 7.17. The standard InChI is InChI=1S/C22H19ClN2O3/c1-22(17-7-6-15-4-2-3-5-16(15)14-17)20(26)25(21(27)24-22)12-13-28-19-10-8-18(23)9-11-19/h2-11,14H,12-13H2,1H3,(H,24,27)/t22-/m0/s1. The number of halogens is 1. The van der Waals surface area contributed by atoms with Crippen LogP contribution in [0.5, 0.6) is 5.75 Å². The van der Waals surface area contributed by atoms with Crippen LogP contribution >= 0.6 is 11.6 Å². The van der Waals surface area contributed by atoms with E-state index in [0.29, 0.717) is 10.8 Å². The van der Waals surface area contributed by atoms with E-state index in [1.165, 1.54) is 4.90 Å². The Morgan fingerprint density at radius 2 is 1.71 bits per heavy atom. The Morgan fingerprint density at radius 3 is 2.46 bits per heavy atom. The molecule has 1 fully saturated rings. The van der Waals surface area contributed by atoms with Crippen molar-refractivity contribution < 1.29 is 14.3 Å². The summed E-state index contributed by atoms with van der Waals surface area (Å²) >= 11 is 5.85. The van der Waals surface area contributed by atoms with Gasteiger partial charge in [0.25, 0.3) is 5.91 Å². The van der Waals surface area contributed by atoms with Gasteiger partial charge in [0.2, 0.25) is 0 Å². The Balaban J connectivity index is 1.49. The van der Waals surface area contributed by atoms with Crippen LogP contribution in [0.1, 0.15) is 12.5 Å². The largest absolute Gasteiger partial charge is 0.492 e. The molecule has 1 N–H and O–H groups in total. The van der Waals surface area contributed by atoms with Gasteiger partial charge in [-0.05, 0) is 53.6 Å². The van der Waals surface area contributed by atoms with Gasteiger partial charge in [-0.2, -0.15) is 0 Å². The van der Waals surface area contributed by atoms with E-state index in [1.54, 1.807) is 31.2 Å². The average molecular weight is 395 g/mol. The minimum absolute atomic E-state index is 0.163. The van der Waals surface area contributed by atoms with Crippen molar-refractivity contribution >= 4 is 34.3 Å². The number of urea groups is 1. The molecule has 0 saturated carbocycles. The van der Waals surface area contributed by atoms with Crippen LogP contribution in [0.4, 0.5) is 4.79 Å². The summed E-state index contributed by atoms with van der Waals surface area (Å²) in [7, 11) is 0. The molecule has 0 bridgehead atoms. The van der Waals surface area contributed by atoms with Gasteiger partial charge in [0.05, 0.1) is 6.54 Å². The third kappa shape index (κ3) is 3.29. The quantitative estimate of drug-likeness (QED) is 0.655. The number of carbonyl (C=O) groups is 2. The van der Waals surface area contributed by atoms with E-state index in [4.69, 9.17) is 16.3 Å². The Labute approximate surface area is 167 Å². The van der Waals surface area contributed by atoms with Gasteiger partial charge in [-0.1, -0.05) is 48.0 Å². The van der Waals surface area contributed by atoms with E-state index >= 15 is 0 Å². The number of ether oxygens (including phenoxy) is 1. The summed E-state index contributed by atoms with van der Waals surface area (Å²) in [6.07, 6.45) is 0. The zero-order chi connectivity index (χ0) is 19.7. The van der Waals surface area contributed by atoms with E-state index in [1.807, 2.05) is 42.5 Å². The molecule has 4 rings (SSSR count). The van der Waals surface area contributed by atoms with Crippen LogP contribution in [0, 0.1) is 0 Å². The van der Waals surface area contributed by atoms with Gasteiger partial charge in [0.1, 0.15) is 17.9 Å². The Kier molecular flexibility index (Phi) is 4.69. The number of carbonyl (C=O) groups excluding carboxylic acids is 2. The second-order valence-corrected chi connectivity index (χ2v) is 7.31. The summed E-state index contributed by atoms with van der Waals surface area (Å²) < 4.78 is 5.62. The highest BCUT2D eigenvalue weighted by molar-refractivity contribution is 6.30. The fourth-order valence-corrected chi connectivity index (χ4v) is 3.51. The number of fused-ring (bicyclic) bond motifs is 1. The SMILES string of the molecule is C[C@@]1(c2ccc3ccccc3c2)NC(=O)N(CCOc2ccc(Cl)cc2)C1=O. The monoisotopic (exact) mass is 394 g/mol. The maximum absolute atomic E-state index is 13.0. The third-order valence-electron chi connectivity index (χ3n) is 5.00. The maximum Gasteiger partial charge on any atom is 0.325 e. The second-order valence-electron chi connectivity index (χ2n) is 6.88. The third-order valence-corrected chi connectivity index (χ3v) is 5.25. The van der Waals surface area contributed by atoms with Crippen molar-refractivity contribution in [3.63, 3.8) is 0 Å². The number of benzene rings is 3. The molecule has 0 aromatic heterocycles. The van der Waals surface area contributed by atoms with Crippen LogP contribution in [-0.2, 0) is 10.3 Å². The van der Waals surface area contributed by atoms with Gasteiger partial charge in [0, 0.05) is 5.02 Å². The molecule has 1 aliphatic heterocycles. The summed E-state index contributed by atoms with van der Waals surface area (Å²) in [5.41, 5.74) is -0.341. The first-order valence-electron chi connectivity index (χ1n) is 8.99. The van der Waals surface area contributed by atoms with Crippen molar-refractivity contribution in [1.82, 2.24) is 10.2 Å². The fourth-order valence-electron chi connectivity index (χ4n) is 3.38. The van der Waals surface area contributed by atoms with Crippen LogP contribution in [0.3, 0.4) is 0 Å². The van der Waals surface area contributed by atoms with Gasteiger partial charge >= 0.3 is 6.03 Å². The molecule has 3 aromatic carbocycles. The van der Waals surface area contributed by atoms with E-state index in [9.17, 15) is 9.59 Å². The summed E-state index contributed by atoms with van der Waals surface area (Å²) in [5, 5.41) is 5.55. The first-order chi connectivity index (χ1) is 13.5. The van der Waals surface area contributed by atoms with Gasteiger partial charge < -0.3 is 10.1 Å². The highest BCUT2D eigenvalue weighted by Gasteiger charge is 2.48. The number of amides is 3. The van der Waals surface area contributed by atoms with Crippen molar-refractivity contribution in [3.05, 3.63) is 77.3 Å². The van der Waals surface area contributed by atoms with Crippen LogP contribution in [-0.4, -0.2) is 30.0 Å². The summed E-state index contributed by atoms with van der Waals surface area (Å²) in [6, 6.07) is 20.2. The summed E-state index contributed by atoms with van der Waals surface area (Å²) in [6.45, 7) is 2.10. The fraction of sp³-hybridized carbons (Fsp3) is 0.182. The number of rotatable bonds is 5. The summed E-state index contributed by atoms with van der Waals surface area (Å²) in [5.74, 6) is 0.348. The lowest BCUT2D eigenvalue weighted by molar-refractivity contribution is -0.131. The van der Waals surface area contributed by atoms with Crippen LogP contribution in [0.15, 0.2) is 66.7 Å². The zero-order valence-corrected chi connectivity index (χ0v) is 16.1. The molecule has 0 radical (unpaired) electrons. The lowest BCUT2D eigenvalue weighted by Crippen LogP contribution is -2.41. The van der Waals surface area contributed by atoms with E-state index in [0.717, 1.165) is 16.3 Å². The molecule has 28 heavy (non-hydrogen) atoms. The van der Waals surface area contributed by atoms with Crippen molar-refractivity contribution in [2.75, 3.05) is 13.2 Å². The van der Waals surface area contributed by atoms with E-state index < -0.39 is 11.6 Å². The van der Waals surface area contributed by atoms with E-state index in [-0.39, 0.29) is 19.1 Å². The molecule has 0 spiro atoms. The Hall–Kier alpha value is -3.05. The van der Waals surface area contributed by atoms with Crippen LogP contribution in [0.25, 0.3) is 10.8 Å². The lowest BCUT2D eigenvalue weighted by atomic mass is 9.90. The summed E-state index contributed by atoms with van der Waals surface area (Å²) in [4.78, 5) is 26.7. The first-order valence-corrected chi connectivity index (χ1v) is 9.37. The van der Waals surface area contributed by atoms with Gasteiger partial charge in [-0.3, -0.25) is 9.69 Å². The number of hydrogen-bond acceptors (Lipinski definition) is 3. The van der Waals surface area contributed by atoms with Crippen molar-refractivity contribution in [2.45, 2.75) is 12.5 Å². The number of imide groups is 1. The minimum atomic E-state index is -1.10. The molecule has 1 heterocycles. The average Bonchev–Trinajstić information content (AvgIpc) is 2.93. The molecule has 6 heteroatoms. The molecule has 0 unspecified atom stereocenters. The molecule has 0 aliphatic carbocycles. The highest BCUT2D eigenvalue weighted by Crippen LogP contribution is 2.31. The number of nitrogens with zero attached hydrogens (tertiary/aromatic N) is 1. The van der Waals surface area contributed by atoms with Crippen LogP contribution in [0.2, 0.25) is 5.02 Å².